The van der Waals surface area contributed by atoms with Crippen LogP contribution in [0.1, 0.15) is 33.8 Å². The number of nitrogens with zero attached hydrogens (tertiary/aromatic N) is 3. The van der Waals surface area contributed by atoms with Crippen LogP contribution in [0.5, 0.6) is 5.75 Å². The summed E-state index contributed by atoms with van der Waals surface area (Å²) in [6, 6.07) is 20.8. The van der Waals surface area contributed by atoms with Crippen LogP contribution in [0.25, 0.3) is 5.69 Å². The second-order valence-corrected chi connectivity index (χ2v) is 8.76. The zero-order valence-corrected chi connectivity index (χ0v) is 20.2. The molecule has 5 rings (SSSR count). The molecule has 0 unspecified atom stereocenters. The summed E-state index contributed by atoms with van der Waals surface area (Å²) >= 11 is 12.0. The Hall–Kier alpha value is -3.88. The molecule has 4 aromatic rings. The predicted octanol–water partition coefficient (Wildman–Crippen LogP) is 5.20. The number of aromatic nitrogens is 2. The Bertz CT molecular complexity index is 1410. The minimum absolute atomic E-state index is 0.0401. The van der Waals surface area contributed by atoms with E-state index in [2.05, 4.69) is 10.3 Å². The number of anilines is 1. The van der Waals surface area contributed by atoms with E-state index in [1.807, 2.05) is 58.1 Å². The third-order valence-corrected chi connectivity index (χ3v) is 6.50. The molecule has 1 fully saturated rings. The summed E-state index contributed by atoms with van der Waals surface area (Å²) in [7, 11) is 1.36. The highest BCUT2D eigenvalue weighted by Gasteiger charge is 2.43. The van der Waals surface area contributed by atoms with Gasteiger partial charge in [0, 0.05) is 23.1 Å². The van der Waals surface area contributed by atoms with Crippen LogP contribution in [0.15, 0.2) is 85.2 Å². The van der Waals surface area contributed by atoms with Crippen molar-refractivity contribution < 1.29 is 14.6 Å². The number of pyridine rings is 1. The van der Waals surface area contributed by atoms with E-state index in [1.54, 1.807) is 30.5 Å². The first kappa shape index (κ1) is 22.9. The molecule has 0 aliphatic carbocycles. The van der Waals surface area contributed by atoms with Crippen LogP contribution in [0.3, 0.4) is 0 Å². The lowest BCUT2D eigenvalue weighted by Gasteiger charge is -2.29. The minimum Gasteiger partial charge on any atom is -0.506 e. The van der Waals surface area contributed by atoms with E-state index in [9.17, 15) is 9.90 Å². The van der Waals surface area contributed by atoms with Crippen LogP contribution < -0.4 is 10.2 Å². The predicted molar refractivity (Wildman–Crippen MR) is 138 cm³/mol. The van der Waals surface area contributed by atoms with E-state index in [0.29, 0.717) is 27.1 Å². The fourth-order valence-electron chi connectivity index (χ4n) is 4.43. The molecule has 9 heteroatoms. The summed E-state index contributed by atoms with van der Waals surface area (Å²) in [5.74, 6) is -0.399. The molecular weight excluding hydrogens is 484 g/mol. The highest BCUT2D eigenvalue weighted by Crippen LogP contribution is 2.45. The molecule has 0 spiro atoms. The van der Waals surface area contributed by atoms with E-state index in [1.165, 1.54) is 13.2 Å². The molecule has 1 aliphatic heterocycles. The van der Waals surface area contributed by atoms with E-state index in [-0.39, 0.29) is 11.8 Å². The number of para-hydroxylation sites is 1. The van der Waals surface area contributed by atoms with Crippen LogP contribution in [-0.2, 0) is 4.74 Å². The molecule has 0 saturated carbocycles. The lowest BCUT2D eigenvalue weighted by Crippen LogP contribution is -2.30. The fourth-order valence-corrected chi connectivity index (χ4v) is 4.93. The summed E-state index contributed by atoms with van der Waals surface area (Å²) in [5, 5.41) is 15.0. The number of ether oxygens (including phenoxy) is 1. The summed E-state index contributed by atoms with van der Waals surface area (Å²) in [6.07, 6.45) is 3.60. The summed E-state index contributed by atoms with van der Waals surface area (Å²) < 4.78 is 6.94. The smallest absolute Gasteiger partial charge is 0.339 e. The largest absolute Gasteiger partial charge is 0.506 e. The molecule has 2 aromatic carbocycles. The molecule has 35 heavy (non-hydrogen) atoms. The zero-order chi connectivity index (χ0) is 24.5. The Morgan fingerprint density at radius 1 is 1.09 bits per heavy atom. The van der Waals surface area contributed by atoms with Gasteiger partial charge in [-0.15, -0.1) is 0 Å². The molecule has 2 aromatic heterocycles. The molecule has 7 nitrogen and oxygen atoms in total. The topological polar surface area (TPSA) is 79.6 Å². The Kier molecular flexibility index (Phi) is 6.15. The average Bonchev–Trinajstić information content (AvgIpc) is 3.49. The number of nitrogens with one attached hydrogen (secondary N) is 1. The van der Waals surface area contributed by atoms with Crippen LogP contribution in [0.4, 0.5) is 5.69 Å². The molecule has 0 bridgehead atoms. The number of thiocarbonyl (C=S) groups is 1. The number of benzene rings is 2. The maximum absolute atomic E-state index is 12.5. The molecule has 176 valence electrons. The van der Waals surface area contributed by atoms with Crippen LogP contribution >= 0.6 is 23.8 Å². The van der Waals surface area contributed by atoms with Gasteiger partial charge in [-0.05, 0) is 66.8 Å². The Morgan fingerprint density at radius 2 is 1.89 bits per heavy atom. The fraction of sp³-hybridized carbons (Fsp3) is 0.115. The quantitative estimate of drug-likeness (QED) is 0.286. The first-order chi connectivity index (χ1) is 17.0. The van der Waals surface area contributed by atoms with Crippen LogP contribution in [0, 0.1) is 0 Å². The van der Waals surface area contributed by atoms with Gasteiger partial charge in [-0.1, -0.05) is 29.8 Å². The monoisotopic (exact) mass is 504 g/mol. The average molecular weight is 505 g/mol. The number of carbonyl (C=O) groups is 1. The van der Waals surface area contributed by atoms with E-state index in [0.717, 1.165) is 11.4 Å². The van der Waals surface area contributed by atoms with Gasteiger partial charge in [-0.3, -0.25) is 4.98 Å². The second-order valence-electron chi connectivity index (χ2n) is 7.94. The Balaban J connectivity index is 1.72. The minimum atomic E-state index is -0.439. The lowest BCUT2D eigenvalue weighted by molar-refractivity contribution is 0.0600. The second kappa shape index (κ2) is 9.40. The van der Waals surface area contributed by atoms with E-state index in [4.69, 9.17) is 28.6 Å². The van der Waals surface area contributed by atoms with Gasteiger partial charge in [0.1, 0.15) is 11.8 Å². The van der Waals surface area contributed by atoms with Crippen molar-refractivity contribution in [3.05, 3.63) is 107 Å². The standard InChI is InChI=1S/C26H21ClN4O3S/c1-34-25(33)17-7-2-3-9-19(17)30-14-6-10-20(30)24-23(18-8-4-5-13-28-18)29-26(35)31(24)21-15-16(27)11-12-22(21)32/h2-15,23-24,32H,1H3,(H,29,35)/t23-,24-/m0/s1. The number of aromatic hydroxyl groups is 1. The van der Waals surface area contributed by atoms with Crippen molar-refractivity contribution in [2.75, 3.05) is 12.0 Å². The van der Waals surface area contributed by atoms with Crippen molar-refractivity contribution in [3.63, 3.8) is 0 Å². The molecular formula is C26H21ClN4O3S. The van der Waals surface area contributed by atoms with Crippen molar-refractivity contribution in [2.24, 2.45) is 0 Å². The lowest BCUT2D eigenvalue weighted by atomic mass is 10.00. The van der Waals surface area contributed by atoms with E-state index < -0.39 is 12.0 Å². The number of methoxy groups -OCH3 is 1. The molecule has 1 aliphatic rings. The summed E-state index contributed by atoms with van der Waals surface area (Å²) in [5.41, 5.74) is 3.15. The van der Waals surface area contributed by atoms with Gasteiger partial charge in [0.15, 0.2) is 5.11 Å². The van der Waals surface area contributed by atoms with Crippen LogP contribution in [0.2, 0.25) is 5.02 Å². The molecule has 0 amide bonds. The Labute approximate surface area is 212 Å². The maximum atomic E-state index is 12.5. The highest BCUT2D eigenvalue weighted by molar-refractivity contribution is 7.80. The van der Waals surface area contributed by atoms with Gasteiger partial charge < -0.3 is 24.6 Å². The van der Waals surface area contributed by atoms with E-state index >= 15 is 0 Å². The number of hydrogen-bond donors (Lipinski definition) is 2. The van der Waals surface area contributed by atoms with Crippen molar-refractivity contribution in [1.82, 2.24) is 14.9 Å². The first-order valence-corrected chi connectivity index (χ1v) is 11.6. The normalized spacial score (nSPS) is 17.3. The molecule has 2 atom stereocenters. The van der Waals surface area contributed by atoms with Crippen molar-refractivity contribution >= 4 is 40.6 Å². The number of carbonyl (C=O) groups excluding carboxylic acids is 1. The van der Waals surface area contributed by atoms with Gasteiger partial charge >= 0.3 is 5.97 Å². The highest BCUT2D eigenvalue weighted by atomic mass is 35.5. The van der Waals surface area contributed by atoms with Crippen molar-refractivity contribution in [3.8, 4) is 11.4 Å². The third kappa shape index (κ3) is 4.11. The molecule has 2 N–H and O–H groups in total. The number of phenolic OH excluding ortho intramolecular Hbond substituents is 1. The number of halogens is 1. The zero-order valence-electron chi connectivity index (χ0n) is 18.6. The number of esters is 1. The van der Waals surface area contributed by atoms with Gasteiger partial charge in [0.05, 0.1) is 35.8 Å². The SMILES string of the molecule is COC(=O)c1ccccc1-n1cccc1[C@H]1[C@H](c2ccccn2)NC(=S)N1c1cc(Cl)ccc1O. The number of rotatable bonds is 5. The maximum Gasteiger partial charge on any atom is 0.339 e. The number of hydrogen-bond acceptors (Lipinski definition) is 5. The van der Waals surface area contributed by atoms with Crippen LogP contribution in [-0.4, -0.2) is 32.8 Å². The third-order valence-electron chi connectivity index (χ3n) is 5.95. The van der Waals surface area contributed by atoms with Gasteiger partial charge in [-0.25, -0.2) is 4.79 Å². The molecule has 1 saturated heterocycles. The van der Waals surface area contributed by atoms with Gasteiger partial charge in [0.25, 0.3) is 0 Å². The van der Waals surface area contributed by atoms with Gasteiger partial charge in [0.2, 0.25) is 0 Å². The van der Waals surface area contributed by atoms with Crippen molar-refractivity contribution in [2.45, 2.75) is 12.1 Å². The summed E-state index contributed by atoms with van der Waals surface area (Å²) in [4.78, 5) is 18.9. The number of phenols is 1. The van der Waals surface area contributed by atoms with Crippen molar-refractivity contribution in [1.29, 1.82) is 0 Å². The summed E-state index contributed by atoms with van der Waals surface area (Å²) in [6.45, 7) is 0. The molecule has 3 heterocycles. The Morgan fingerprint density at radius 3 is 2.66 bits per heavy atom. The first-order valence-electron chi connectivity index (χ1n) is 10.8. The molecule has 0 radical (unpaired) electrons. The van der Waals surface area contributed by atoms with Gasteiger partial charge in [-0.2, -0.15) is 0 Å².